The first kappa shape index (κ1) is 25.4. The number of aromatic nitrogens is 6. The summed E-state index contributed by atoms with van der Waals surface area (Å²) in [4.78, 5) is 23.0. The van der Waals surface area contributed by atoms with E-state index in [0.717, 1.165) is 17.4 Å². The number of pyridine rings is 1. The van der Waals surface area contributed by atoms with Crippen LogP contribution in [-0.4, -0.2) is 44.2 Å². The van der Waals surface area contributed by atoms with Crippen LogP contribution in [0.15, 0.2) is 101 Å². The van der Waals surface area contributed by atoms with E-state index in [4.69, 9.17) is 22.3 Å². The van der Waals surface area contributed by atoms with Gasteiger partial charge in [-0.3, -0.25) is 9.36 Å². The van der Waals surface area contributed by atoms with Gasteiger partial charge in [-0.2, -0.15) is 4.68 Å². The van der Waals surface area contributed by atoms with Crippen LogP contribution in [0.2, 0.25) is 5.02 Å². The third-order valence-electron chi connectivity index (χ3n) is 6.31. The van der Waals surface area contributed by atoms with Crippen molar-refractivity contribution in [1.82, 2.24) is 29.5 Å². The molecular weight excluding hydrogens is 550 g/mol. The molecule has 0 aliphatic heterocycles. The number of hydrogen-bond acceptors (Lipinski definition) is 8. The summed E-state index contributed by atoms with van der Waals surface area (Å²) in [6.07, 6.45) is 2.81. The highest BCUT2D eigenvalue weighted by atomic mass is 35.5. The summed E-state index contributed by atoms with van der Waals surface area (Å²) in [6, 6.07) is 24.1. The fourth-order valence-corrected chi connectivity index (χ4v) is 5.09. The number of hydrogen-bond donors (Lipinski definition) is 1. The van der Waals surface area contributed by atoms with Gasteiger partial charge in [-0.15, -0.1) is 5.10 Å². The van der Waals surface area contributed by atoms with Gasteiger partial charge in [0.15, 0.2) is 21.0 Å². The average molecular weight is 570 g/mol. The van der Waals surface area contributed by atoms with Gasteiger partial charge < -0.3 is 5.73 Å². The van der Waals surface area contributed by atoms with Crippen molar-refractivity contribution < 1.29 is 8.42 Å². The van der Waals surface area contributed by atoms with Crippen molar-refractivity contribution in [3.63, 3.8) is 0 Å². The van der Waals surface area contributed by atoms with Crippen molar-refractivity contribution in [2.24, 2.45) is 0 Å². The Morgan fingerprint density at radius 2 is 1.55 bits per heavy atom. The molecule has 0 aliphatic carbocycles. The maximum Gasteiger partial charge on any atom is 0.288 e. The quantitative estimate of drug-likeness (QED) is 0.323. The molecule has 40 heavy (non-hydrogen) atoms. The molecular formula is C28H20ClN7O3S. The summed E-state index contributed by atoms with van der Waals surface area (Å²) < 4.78 is 27.1. The van der Waals surface area contributed by atoms with Crippen LogP contribution in [0.1, 0.15) is 0 Å². The second kappa shape index (κ2) is 9.70. The molecule has 3 aromatic heterocycles. The van der Waals surface area contributed by atoms with Crippen LogP contribution >= 0.6 is 11.6 Å². The van der Waals surface area contributed by atoms with E-state index >= 15 is 0 Å². The van der Waals surface area contributed by atoms with Gasteiger partial charge in [-0.1, -0.05) is 47.1 Å². The molecule has 3 aromatic carbocycles. The lowest BCUT2D eigenvalue weighted by Crippen LogP contribution is -2.22. The first-order valence-electron chi connectivity index (χ1n) is 12.0. The molecule has 198 valence electrons. The van der Waals surface area contributed by atoms with E-state index in [0.29, 0.717) is 33.6 Å². The number of rotatable bonds is 5. The predicted molar refractivity (Wildman–Crippen MR) is 153 cm³/mol. The van der Waals surface area contributed by atoms with Crippen molar-refractivity contribution in [2.45, 2.75) is 4.90 Å². The highest BCUT2D eigenvalue weighted by molar-refractivity contribution is 7.90. The van der Waals surface area contributed by atoms with Crippen LogP contribution in [-0.2, 0) is 9.84 Å². The van der Waals surface area contributed by atoms with E-state index in [1.807, 2.05) is 30.3 Å². The molecule has 0 fully saturated rings. The molecule has 0 amide bonds. The van der Waals surface area contributed by atoms with Crippen LogP contribution in [0.3, 0.4) is 0 Å². The number of nitrogen functional groups attached to an aromatic ring is 1. The molecule has 0 spiro atoms. The summed E-state index contributed by atoms with van der Waals surface area (Å²) in [5, 5.41) is 8.78. The lowest BCUT2D eigenvalue weighted by atomic mass is 10.1. The van der Waals surface area contributed by atoms with Crippen LogP contribution in [0, 0.1) is 0 Å². The summed E-state index contributed by atoms with van der Waals surface area (Å²) in [5.41, 5.74) is 8.86. The fourth-order valence-electron chi connectivity index (χ4n) is 4.30. The number of nitrogens with two attached hydrogens (primary N) is 1. The Morgan fingerprint density at radius 3 is 2.23 bits per heavy atom. The third-order valence-corrected chi connectivity index (χ3v) is 7.68. The van der Waals surface area contributed by atoms with E-state index < -0.39 is 15.4 Å². The van der Waals surface area contributed by atoms with Gasteiger partial charge in [-0.05, 0) is 60.2 Å². The van der Waals surface area contributed by atoms with E-state index in [9.17, 15) is 13.2 Å². The minimum atomic E-state index is -3.47. The summed E-state index contributed by atoms with van der Waals surface area (Å²) >= 11 is 6.11. The maximum atomic E-state index is 13.9. The van der Waals surface area contributed by atoms with Gasteiger partial charge in [0.2, 0.25) is 0 Å². The molecule has 12 heteroatoms. The Morgan fingerprint density at radius 1 is 0.850 bits per heavy atom. The minimum Gasteiger partial charge on any atom is -0.384 e. The molecule has 0 atom stereocenters. The van der Waals surface area contributed by atoms with Gasteiger partial charge in [-0.25, -0.2) is 18.4 Å². The molecule has 0 radical (unpaired) electrons. The van der Waals surface area contributed by atoms with Crippen LogP contribution in [0.5, 0.6) is 0 Å². The van der Waals surface area contributed by atoms with E-state index in [1.165, 1.54) is 21.4 Å². The lowest BCUT2D eigenvalue weighted by Gasteiger charge is -2.13. The van der Waals surface area contributed by atoms with E-state index in [-0.39, 0.29) is 16.1 Å². The number of nitrogens with zero attached hydrogens (tertiary/aromatic N) is 6. The number of fused-ring (bicyclic) bond motifs is 1. The number of benzene rings is 3. The van der Waals surface area contributed by atoms with Gasteiger partial charge in [0.05, 0.1) is 16.3 Å². The fraction of sp³-hybridized carbons (Fsp3) is 0.0357. The summed E-state index contributed by atoms with van der Waals surface area (Å²) in [7, 11) is -3.47. The largest absolute Gasteiger partial charge is 0.384 e. The second-order valence-electron chi connectivity index (χ2n) is 9.04. The summed E-state index contributed by atoms with van der Waals surface area (Å²) in [6.45, 7) is 0. The van der Waals surface area contributed by atoms with Crippen molar-refractivity contribution in [3.05, 3.63) is 107 Å². The van der Waals surface area contributed by atoms with E-state index in [1.54, 1.807) is 48.7 Å². The second-order valence-corrected chi connectivity index (χ2v) is 11.5. The lowest BCUT2D eigenvalue weighted by molar-refractivity contribution is 0.601. The van der Waals surface area contributed by atoms with Crippen molar-refractivity contribution in [1.29, 1.82) is 0 Å². The smallest absolute Gasteiger partial charge is 0.288 e. The monoisotopic (exact) mass is 569 g/mol. The normalized spacial score (nSPS) is 11.7. The first-order chi connectivity index (χ1) is 19.2. The van der Waals surface area contributed by atoms with Crippen LogP contribution in [0.4, 0.5) is 5.82 Å². The SMILES string of the molecule is CS(=O)(=O)c1cccc(-n2nnc3c(=O)n(-c4ccc(Cl)cc4)c(-c4ccc(-c5ccc(N)nc5)cc4)nc32)c1. The van der Waals surface area contributed by atoms with Crippen molar-refractivity contribution in [3.8, 4) is 33.9 Å². The van der Waals surface area contributed by atoms with Crippen LogP contribution in [0.25, 0.3) is 45.1 Å². The third kappa shape index (κ3) is 4.61. The van der Waals surface area contributed by atoms with E-state index in [2.05, 4.69) is 15.3 Å². The molecule has 6 rings (SSSR count). The zero-order valence-electron chi connectivity index (χ0n) is 20.9. The van der Waals surface area contributed by atoms with Gasteiger partial charge >= 0.3 is 0 Å². The van der Waals surface area contributed by atoms with Gasteiger partial charge in [0.1, 0.15) is 11.6 Å². The minimum absolute atomic E-state index is 0.0213. The Balaban J connectivity index is 1.57. The van der Waals surface area contributed by atoms with Gasteiger partial charge in [0.25, 0.3) is 5.56 Å². The highest BCUT2D eigenvalue weighted by Gasteiger charge is 2.21. The molecule has 2 N–H and O–H groups in total. The molecule has 0 aliphatic rings. The Labute approximate surface area is 233 Å². The maximum absolute atomic E-state index is 13.9. The molecule has 10 nitrogen and oxygen atoms in total. The standard InChI is InChI=1S/C28H20ClN7O3S/c1-40(38,39)23-4-2-3-22(15-23)36-27-25(33-34-36)28(37)35(21-12-10-20(29)11-13-21)26(32-27)18-7-5-17(6-8-18)19-9-14-24(30)31-16-19/h2-16H,1H3,(H2,30,31). The number of anilines is 1. The van der Waals surface area contributed by atoms with Crippen molar-refractivity contribution >= 4 is 38.4 Å². The molecule has 0 unspecified atom stereocenters. The topological polar surface area (TPSA) is 139 Å². The molecule has 0 saturated heterocycles. The summed E-state index contributed by atoms with van der Waals surface area (Å²) in [5.74, 6) is 0.766. The Kier molecular flexibility index (Phi) is 6.16. The Bertz CT molecular complexity index is 2050. The molecule has 6 aromatic rings. The Hall–Kier alpha value is -4.87. The van der Waals surface area contributed by atoms with Gasteiger partial charge in [0, 0.05) is 28.6 Å². The zero-order valence-corrected chi connectivity index (χ0v) is 22.5. The number of halogens is 1. The van der Waals surface area contributed by atoms with Crippen molar-refractivity contribution in [2.75, 3.05) is 12.0 Å². The average Bonchev–Trinajstić information content (AvgIpc) is 3.38. The zero-order chi connectivity index (χ0) is 28.0. The number of sulfone groups is 1. The predicted octanol–water partition coefficient (Wildman–Crippen LogP) is 4.33. The molecule has 0 bridgehead atoms. The molecule has 3 heterocycles. The highest BCUT2D eigenvalue weighted by Crippen LogP contribution is 2.27. The molecule has 0 saturated carbocycles. The van der Waals surface area contributed by atoms with Crippen LogP contribution < -0.4 is 11.3 Å². The first-order valence-corrected chi connectivity index (χ1v) is 14.2.